The number of nitriles is 1. The van der Waals surface area contributed by atoms with E-state index >= 15 is 0 Å². The minimum absolute atomic E-state index is 0.311. The number of hydrogen-bond acceptors (Lipinski definition) is 4. The molecule has 4 nitrogen and oxygen atoms in total. The highest BCUT2D eigenvalue weighted by Gasteiger charge is 2.23. The summed E-state index contributed by atoms with van der Waals surface area (Å²) in [5.74, 6) is 1.07. The lowest BCUT2D eigenvalue weighted by Crippen LogP contribution is -2.12. The summed E-state index contributed by atoms with van der Waals surface area (Å²) in [6.07, 6.45) is 4.03. The van der Waals surface area contributed by atoms with Gasteiger partial charge in [0.1, 0.15) is 29.8 Å². The highest BCUT2D eigenvalue weighted by Crippen LogP contribution is 2.40. The molecule has 0 aliphatic heterocycles. The molecule has 0 spiro atoms. The summed E-state index contributed by atoms with van der Waals surface area (Å²) >= 11 is 0. The van der Waals surface area contributed by atoms with Gasteiger partial charge in [-0.25, -0.2) is 4.98 Å². The van der Waals surface area contributed by atoms with Crippen molar-refractivity contribution in [2.45, 2.75) is 32.3 Å². The molecular formula is C23H21N3O. The molecule has 4 heteroatoms. The number of para-hydroxylation sites is 1. The first kappa shape index (κ1) is 17.1. The van der Waals surface area contributed by atoms with Crippen LogP contribution in [0.3, 0.4) is 0 Å². The van der Waals surface area contributed by atoms with Crippen molar-refractivity contribution < 1.29 is 4.74 Å². The molecule has 27 heavy (non-hydrogen) atoms. The number of hydrogen-bond donors (Lipinski definition) is 1. The molecule has 0 unspecified atom stereocenters. The molecule has 0 saturated heterocycles. The Hall–Kier alpha value is -3.32. The van der Waals surface area contributed by atoms with E-state index in [0.29, 0.717) is 18.0 Å². The molecule has 1 aromatic heterocycles. The molecule has 2 aromatic carbocycles. The van der Waals surface area contributed by atoms with Gasteiger partial charge in [-0.05, 0) is 42.9 Å². The standard InChI is InChI=1S/C23H21N3O/c24-14-19-22(17-10-4-6-12-20(17)26-23(19)25)18-11-5-7-13-21(18)27-15-16-8-2-1-3-9-16/h1-3,5,7-9,11,13H,4,6,10,12,15H2,(H2,25,26). The third-order valence-electron chi connectivity index (χ3n) is 5.01. The lowest BCUT2D eigenvalue weighted by molar-refractivity contribution is 0.307. The van der Waals surface area contributed by atoms with Gasteiger partial charge in [-0.2, -0.15) is 5.26 Å². The van der Waals surface area contributed by atoms with Crippen LogP contribution in [0, 0.1) is 11.3 Å². The highest BCUT2D eigenvalue weighted by molar-refractivity contribution is 5.82. The number of aryl methyl sites for hydroxylation is 1. The predicted molar refractivity (Wildman–Crippen MR) is 106 cm³/mol. The van der Waals surface area contributed by atoms with Crippen molar-refractivity contribution in [2.24, 2.45) is 0 Å². The van der Waals surface area contributed by atoms with Gasteiger partial charge in [0.25, 0.3) is 0 Å². The Morgan fingerprint density at radius 1 is 1.00 bits per heavy atom. The van der Waals surface area contributed by atoms with E-state index < -0.39 is 0 Å². The summed E-state index contributed by atoms with van der Waals surface area (Å²) in [5.41, 5.74) is 11.7. The number of pyridine rings is 1. The van der Waals surface area contributed by atoms with Gasteiger partial charge in [0.05, 0.1) is 0 Å². The van der Waals surface area contributed by atoms with Gasteiger partial charge >= 0.3 is 0 Å². The van der Waals surface area contributed by atoms with Gasteiger partial charge < -0.3 is 10.5 Å². The third kappa shape index (κ3) is 3.37. The molecule has 1 aliphatic carbocycles. The number of benzene rings is 2. The van der Waals surface area contributed by atoms with Gasteiger partial charge in [0.2, 0.25) is 0 Å². The maximum Gasteiger partial charge on any atom is 0.142 e. The van der Waals surface area contributed by atoms with Crippen LogP contribution in [0.4, 0.5) is 5.82 Å². The van der Waals surface area contributed by atoms with E-state index in [-0.39, 0.29) is 0 Å². The van der Waals surface area contributed by atoms with Crippen molar-refractivity contribution in [2.75, 3.05) is 5.73 Å². The Kier molecular flexibility index (Phi) is 4.76. The third-order valence-corrected chi connectivity index (χ3v) is 5.01. The quantitative estimate of drug-likeness (QED) is 0.739. The monoisotopic (exact) mass is 355 g/mol. The maximum absolute atomic E-state index is 9.75. The average molecular weight is 355 g/mol. The SMILES string of the molecule is N#Cc1c(N)nc2c(c1-c1ccccc1OCc1ccccc1)CCCC2. The first-order valence-corrected chi connectivity index (χ1v) is 9.25. The number of nitrogen functional groups attached to an aromatic ring is 1. The van der Waals surface area contributed by atoms with Crippen molar-refractivity contribution >= 4 is 5.82 Å². The minimum atomic E-state index is 0.311. The van der Waals surface area contributed by atoms with Gasteiger partial charge in [0.15, 0.2) is 0 Å². The summed E-state index contributed by atoms with van der Waals surface area (Å²) in [5, 5.41) is 9.75. The Labute approximate surface area is 159 Å². The average Bonchev–Trinajstić information content (AvgIpc) is 2.72. The molecule has 0 fully saturated rings. The molecule has 0 radical (unpaired) electrons. The summed E-state index contributed by atoms with van der Waals surface area (Å²) in [4.78, 5) is 4.51. The largest absolute Gasteiger partial charge is 0.488 e. The van der Waals surface area contributed by atoms with E-state index in [1.807, 2.05) is 54.6 Å². The topological polar surface area (TPSA) is 71.9 Å². The maximum atomic E-state index is 9.75. The molecule has 1 aliphatic rings. The van der Waals surface area contributed by atoms with Crippen LogP contribution in [-0.2, 0) is 19.4 Å². The second-order valence-corrected chi connectivity index (χ2v) is 6.76. The van der Waals surface area contributed by atoms with E-state index in [9.17, 15) is 5.26 Å². The van der Waals surface area contributed by atoms with Crippen LogP contribution in [0.5, 0.6) is 5.75 Å². The molecule has 2 N–H and O–H groups in total. The normalized spacial score (nSPS) is 12.9. The Balaban J connectivity index is 1.80. The number of nitrogens with two attached hydrogens (primary N) is 1. The van der Waals surface area contributed by atoms with Gasteiger partial charge in [-0.3, -0.25) is 0 Å². The van der Waals surface area contributed by atoms with Crippen molar-refractivity contribution in [3.63, 3.8) is 0 Å². The fourth-order valence-corrected chi connectivity index (χ4v) is 3.71. The van der Waals surface area contributed by atoms with E-state index in [4.69, 9.17) is 10.5 Å². The lowest BCUT2D eigenvalue weighted by atomic mass is 9.86. The van der Waals surface area contributed by atoms with Crippen LogP contribution in [0.1, 0.15) is 35.2 Å². The number of nitrogens with zero attached hydrogens (tertiary/aromatic N) is 2. The van der Waals surface area contributed by atoms with Gasteiger partial charge in [-0.15, -0.1) is 0 Å². The summed E-state index contributed by atoms with van der Waals surface area (Å²) in [6, 6.07) is 20.2. The molecule has 3 aromatic rings. The fraction of sp³-hybridized carbons (Fsp3) is 0.217. The number of aromatic nitrogens is 1. The van der Waals surface area contributed by atoms with Crippen molar-refractivity contribution in [3.05, 3.63) is 77.0 Å². The molecule has 4 rings (SSSR count). The van der Waals surface area contributed by atoms with Crippen LogP contribution in [0.2, 0.25) is 0 Å². The van der Waals surface area contributed by atoms with E-state index in [0.717, 1.165) is 59.4 Å². The first-order valence-electron chi connectivity index (χ1n) is 9.25. The zero-order valence-corrected chi connectivity index (χ0v) is 15.1. The highest BCUT2D eigenvalue weighted by atomic mass is 16.5. The number of fused-ring (bicyclic) bond motifs is 1. The van der Waals surface area contributed by atoms with Crippen molar-refractivity contribution in [1.82, 2.24) is 4.98 Å². The van der Waals surface area contributed by atoms with Crippen LogP contribution in [-0.4, -0.2) is 4.98 Å². The molecular weight excluding hydrogens is 334 g/mol. The van der Waals surface area contributed by atoms with E-state index in [1.54, 1.807) is 0 Å². The number of rotatable bonds is 4. The van der Waals surface area contributed by atoms with Crippen molar-refractivity contribution in [1.29, 1.82) is 5.26 Å². The summed E-state index contributed by atoms with van der Waals surface area (Å²) < 4.78 is 6.14. The van der Waals surface area contributed by atoms with Crippen molar-refractivity contribution in [3.8, 4) is 22.9 Å². The van der Waals surface area contributed by atoms with E-state index in [2.05, 4.69) is 11.1 Å². The molecule has 1 heterocycles. The smallest absolute Gasteiger partial charge is 0.142 e. The number of anilines is 1. The predicted octanol–water partition coefficient (Wildman–Crippen LogP) is 4.66. The second-order valence-electron chi connectivity index (χ2n) is 6.76. The Morgan fingerprint density at radius 3 is 2.56 bits per heavy atom. The van der Waals surface area contributed by atoms with Gasteiger partial charge in [0, 0.05) is 16.8 Å². The van der Waals surface area contributed by atoms with Crippen LogP contribution >= 0.6 is 0 Å². The molecule has 0 atom stereocenters. The van der Waals surface area contributed by atoms with Crippen LogP contribution < -0.4 is 10.5 Å². The molecule has 0 amide bonds. The Morgan fingerprint density at radius 2 is 1.74 bits per heavy atom. The summed E-state index contributed by atoms with van der Waals surface area (Å²) in [6.45, 7) is 0.475. The van der Waals surface area contributed by atoms with Crippen LogP contribution in [0.25, 0.3) is 11.1 Å². The fourth-order valence-electron chi connectivity index (χ4n) is 3.71. The zero-order valence-electron chi connectivity index (χ0n) is 15.1. The number of ether oxygens (including phenoxy) is 1. The minimum Gasteiger partial charge on any atom is -0.488 e. The molecule has 0 bridgehead atoms. The summed E-state index contributed by atoms with van der Waals surface area (Å²) in [7, 11) is 0. The lowest BCUT2D eigenvalue weighted by Gasteiger charge is -2.22. The Bertz CT molecular complexity index is 1010. The zero-order chi connectivity index (χ0) is 18.6. The second kappa shape index (κ2) is 7.51. The first-order chi connectivity index (χ1) is 13.3. The molecule has 0 saturated carbocycles. The molecule has 134 valence electrons. The van der Waals surface area contributed by atoms with E-state index in [1.165, 1.54) is 0 Å². The van der Waals surface area contributed by atoms with Crippen LogP contribution in [0.15, 0.2) is 54.6 Å². The van der Waals surface area contributed by atoms with Gasteiger partial charge in [-0.1, -0.05) is 48.5 Å².